The molecule has 3 aromatic carbocycles. The lowest BCUT2D eigenvalue weighted by molar-refractivity contribution is 0.404. The lowest BCUT2D eigenvalue weighted by Crippen LogP contribution is -2.46. The summed E-state index contributed by atoms with van der Waals surface area (Å²) in [6.45, 7) is 4.21. The molecule has 0 spiro atoms. The minimum absolute atomic E-state index is 0.201. The number of hydrogen-bond acceptors (Lipinski definition) is 4. The summed E-state index contributed by atoms with van der Waals surface area (Å²) in [6.07, 6.45) is 0.953. The predicted octanol–water partition coefficient (Wildman–Crippen LogP) is 6.17. The van der Waals surface area contributed by atoms with Gasteiger partial charge in [-0.3, -0.25) is 4.90 Å². The average molecular weight is 453 g/mol. The van der Waals surface area contributed by atoms with E-state index in [1.54, 1.807) is 0 Å². The Balaban J connectivity index is 1.66. The zero-order valence-corrected chi connectivity index (χ0v) is 19.3. The van der Waals surface area contributed by atoms with Gasteiger partial charge in [0.2, 0.25) is 5.82 Å². The Morgan fingerprint density at radius 3 is 2.42 bits per heavy atom. The second-order valence-corrected chi connectivity index (χ2v) is 8.33. The number of hydrogen-bond donors (Lipinski definition) is 1. The smallest absolute Gasteiger partial charge is 0.258 e. The van der Waals surface area contributed by atoms with Gasteiger partial charge < -0.3 is 9.84 Å². The van der Waals surface area contributed by atoms with Gasteiger partial charge in [-0.15, -0.1) is 0 Å². The van der Waals surface area contributed by atoms with Gasteiger partial charge in [-0.2, -0.15) is 4.98 Å². The molecule has 0 saturated carbocycles. The van der Waals surface area contributed by atoms with Gasteiger partial charge in [-0.1, -0.05) is 84.9 Å². The van der Waals surface area contributed by atoms with Crippen LogP contribution in [0.15, 0.2) is 95.1 Å². The largest absolute Gasteiger partial charge is 0.351 e. The van der Waals surface area contributed by atoms with E-state index in [4.69, 9.17) is 21.7 Å². The summed E-state index contributed by atoms with van der Waals surface area (Å²) < 4.78 is 5.82. The lowest BCUT2D eigenvalue weighted by atomic mass is 9.94. The van der Waals surface area contributed by atoms with Crippen LogP contribution in [-0.2, 0) is 6.42 Å². The maximum absolute atomic E-state index is 5.84. The summed E-state index contributed by atoms with van der Waals surface area (Å²) in [6, 6.07) is 28.3. The molecule has 0 fully saturated rings. The Hall–Kier alpha value is -3.77. The van der Waals surface area contributed by atoms with Crippen LogP contribution in [-0.4, -0.2) is 15.3 Å². The molecule has 0 bridgehead atoms. The van der Waals surface area contributed by atoms with Crippen LogP contribution in [0.2, 0.25) is 0 Å². The maximum atomic E-state index is 5.84. The quantitative estimate of drug-likeness (QED) is 0.366. The number of aromatic nitrogens is 2. The van der Waals surface area contributed by atoms with Crippen LogP contribution in [0.25, 0.3) is 17.0 Å². The van der Waals surface area contributed by atoms with Crippen molar-refractivity contribution < 1.29 is 4.52 Å². The molecule has 6 heteroatoms. The molecule has 1 unspecified atom stereocenters. The minimum Gasteiger partial charge on any atom is -0.351 e. The molecule has 5 rings (SSSR count). The van der Waals surface area contributed by atoms with Gasteiger partial charge in [0.1, 0.15) is 0 Å². The number of aryl methyl sites for hydroxylation is 1. The molecule has 5 nitrogen and oxygen atoms in total. The number of thiocarbonyl (C=S) groups is 1. The summed E-state index contributed by atoms with van der Waals surface area (Å²) in [4.78, 5) is 6.82. The highest BCUT2D eigenvalue weighted by Gasteiger charge is 2.34. The van der Waals surface area contributed by atoms with Gasteiger partial charge >= 0.3 is 0 Å². The number of nitrogens with zero attached hydrogens (tertiary/aromatic N) is 3. The average Bonchev–Trinajstić information content (AvgIpc) is 3.35. The van der Waals surface area contributed by atoms with Crippen LogP contribution in [0, 0.1) is 0 Å². The topological polar surface area (TPSA) is 54.2 Å². The van der Waals surface area contributed by atoms with E-state index in [2.05, 4.69) is 65.6 Å². The van der Waals surface area contributed by atoms with Crippen molar-refractivity contribution in [2.24, 2.45) is 0 Å². The Bertz CT molecular complexity index is 1310. The molecule has 33 heavy (non-hydrogen) atoms. The molecule has 1 aromatic heterocycles. The zero-order chi connectivity index (χ0) is 22.8. The summed E-state index contributed by atoms with van der Waals surface area (Å²) >= 11 is 5.84. The Kier molecular flexibility index (Phi) is 5.75. The molecule has 1 aliphatic heterocycles. The fourth-order valence-corrected chi connectivity index (χ4v) is 4.54. The predicted molar refractivity (Wildman–Crippen MR) is 136 cm³/mol. The summed E-state index contributed by atoms with van der Waals surface area (Å²) in [5, 5.41) is 8.43. The van der Waals surface area contributed by atoms with Crippen LogP contribution in [0.1, 0.15) is 36.9 Å². The van der Waals surface area contributed by atoms with Gasteiger partial charge in [-0.25, -0.2) is 0 Å². The van der Waals surface area contributed by atoms with Crippen molar-refractivity contribution >= 4 is 28.6 Å². The monoisotopic (exact) mass is 452 g/mol. The first-order valence-corrected chi connectivity index (χ1v) is 11.4. The fraction of sp³-hybridized carbons (Fsp3) is 0.148. The number of benzene rings is 3. The van der Waals surface area contributed by atoms with Crippen LogP contribution in [0.4, 0.5) is 5.69 Å². The summed E-state index contributed by atoms with van der Waals surface area (Å²) in [5.41, 5.74) is 6.12. The van der Waals surface area contributed by atoms with E-state index >= 15 is 0 Å². The third kappa shape index (κ3) is 4.05. The van der Waals surface area contributed by atoms with Crippen LogP contribution in [0.3, 0.4) is 0 Å². The van der Waals surface area contributed by atoms with Crippen molar-refractivity contribution in [1.29, 1.82) is 0 Å². The number of nitrogens with one attached hydrogen (secondary N) is 1. The van der Waals surface area contributed by atoms with Crippen molar-refractivity contribution in [3.63, 3.8) is 0 Å². The zero-order valence-electron chi connectivity index (χ0n) is 18.5. The molecular weight excluding hydrogens is 428 g/mol. The lowest BCUT2D eigenvalue weighted by Gasteiger charge is -2.37. The molecule has 1 N–H and O–H groups in total. The first-order valence-electron chi connectivity index (χ1n) is 11.0. The molecule has 1 atom stereocenters. The van der Waals surface area contributed by atoms with Crippen LogP contribution in [0.5, 0.6) is 0 Å². The van der Waals surface area contributed by atoms with Crippen molar-refractivity contribution in [2.45, 2.75) is 26.3 Å². The molecule has 1 aliphatic rings. The maximum Gasteiger partial charge on any atom is 0.258 e. The molecular formula is C27H24N4OS. The van der Waals surface area contributed by atoms with E-state index in [-0.39, 0.29) is 6.04 Å². The number of anilines is 1. The first-order chi connectivity index (χ1) is 16.2. The van der Waals surface area contributed by atoms with E-state index < -0.39 is 0 Å². The summed E-state index contributed by atoms with van der Waals surface area (Å²) in [5.74, 6) is 1.04. The fourth-order valence-electron chi connectivity index (χ4n) is 4.18. The van der Waals surface area contributed by atoms with Crippen molar-refractivity contribution in [2.75, 3.05) is 4.90 Å². The highest BCUT2D eigenvalue weighted by atomic mass is 32.1. The standard InChI is InChI=1S/C27H24N4OS/c1-3-19-11-10-16-22(17-19)31-18(2)23(24(28-27(31)33)20-12-6-4-7-13-20)26-29-25(30-32-26)21-14-8-5-9-15-21/h4-17,24H,3H2,1-2H3,(H,28,33). The van der Waals surface area contributed by atoms with Gasteiger partial charge in [0, 0.05) is 16.9 Å². The van der Waals surface area contributed by atoms with E-state index in [1.807, 2.05) is 48.5 Å². The molecule has 4 aromatic rings. The highest BCUT2D eigenvalue weighted by Crippen LogP contribution is 2.39. The van der Waals surface area contributed by atoms with Crippen LogP contribution < -0.4 is 10.2 Å². The van der Waals surface area contributed by atoms with Crippen LogP contribution >= 0.6 is 12.2 Å². The van der Waals surface area contributed by atoms with Gasteiger partial charge in [0.15, 0.2) is 5.11 Å². The number of rotatable bonds is 5. The second-order valence-electron chi connectivity index (χ2n) is 7.94. The molecule has 0 aliphatic carbocycles. The van der Waals surface area contributed by atoms with Gasteiger partial charge in [0.05, 0.1) is 11.6 Å². The van der Waals surface area contributed by atoms with Gasteiger partial charge in [-0.05, 0) is 48.8 Å². The van der Waals surface area contributed by atoms with E-state index in [0.717, 1.165) is 34.5 Å². The third-order valence-electron chi connectivity index (χ3n) is 5.88. The molecule has 164 valence electrons. The van der Waals surface area contributed by atoms with Crippen molar-refractivity contribution in [1.82, 2.24) is 15.5 Å². The molecule has 2 heterocycles. The Morgan fingerprint density at radius 2 is 1.70 bits per heavy atom. The van der Waals surface area contributed by atoms with Crippen molar-refractivity contribution in [3.05, 3.63) is 108 Å². The summed E-state index contributed by atoms with van der Waals surface area (Å²) in [7, 11) is 0. The minimum atomic E-state index is -0.201. The van der Waals surface area contributed by atoms with E-state index in [0.29, 0.717) is 16.8 Å². The number of allylic oxidation sites excluding steroid dienone is 1. The van der Waals surface area contributed by atoms with E-state index in [9.17, 15) is 0 Å². The Morgan fingerprint density at radius 1 is 0.970 bits per heavy atom. The highest BCUT2D eigenvalue weighted by molar-refractivity contribution is 7.80. The van der Waals surface area contributed by atoms with E-state index in [1.165, 1.54) is 5.56 Å². The normalized spacial score (nSPS) is 16.1. The molecule has 0 radical (unpaired) electrons. The van der Waals surface area contributed by atoms with Crippen molar-refractivity contribution in [3.8, 4) is 11.4 Å². The SMILES string of the molecule is CCc1cccc(N2C(=S)NC(c3ccccc3)C(c3nc(-c4ccccc4)no3)=C2C)c1. The van der Waals surface area contributed by atoms with Gasteiger partial charge in [0.25, 0.3) is 5.89 Å². The first kappa shape index (κ1) is 21.1. The molecule has 0 saturated heterocycles. The second kappa shape index (κ2) is 9.00. The third-order valence-corrected chi connectivity index (χ3v) is 6.18. The molecule has 0 amide bonds. The Labute approximate surface area is 198 Å².